The lowest BCUT2D eigenvalue weighted by Gasteiger charge is -2.14. The zero-order valence-electron chi connectivity index (χ0n) is 9.96. The van der Waals surface area contributed by atoms with Crippen LogP contribution in [0.3, 0.4) is 0 Å². The number of carbonyl (C=O) groups is 1. The standard InChI is InChI=1S/C14H17BrO/c1-10(2)14(15)9-13(11(3)16)12-7-5-4-6-8-12/h4-8,13H,9H2,1-3H3. The Bertz CT molecular complexity index is 388. The first-order valence-corrected chi connectivity index (χ1v) is 6.19. The molecule has 0 radical (unpaired) electrons. The second-order valence-electron chi connectivity index (χ2n) is 4.18. The molecule has 0 aliphatic rings. The van der Waals surface area contributed by atoms with E-state index in [2.05, 4.69) is 15.9 Å². The maximum absolute atomic E-state index is 11.7. The van der Waals surface area contributed by atoms with Gasteiger partial charge in [0.05, 0.1) is 0 Å². The SMILES string of the molecule is CC(=O)C(CC(Br)=C(C)C)c1ccccc1. The molecule has 0 aliphatic carbocycles. The normalized spacial score (nSPS) is 12.0. The van der Waals surface area contributed by atoms with Gasteiger partial charge >= 0.3 is 0 Å². The zero-order valence-corrected chi connectivity index (χ0v) is 11.5. The summed E-state index contributed by atoms with van der Waals surface area (Å²) in [5.74, 6) is 0.176. The first-order chi connectivity index (χ1) is 7.52. The van der Waals surface area contributed by atoms with Crippen molar-refractivity contribution in [1.29, 1.82) is 0 Å². The smallest absolute Gasteiger partial charge is 0.137 e. The summed E-state index contributed by atoms with van der Waals surface area (Å²) < 4.78 is 1.12. The van der Waals surface area contributed by atoms with E-state index in [9.17, 15) is 4.79 Å². The van der Waals surface area contributed by atoms with Crippen LogP contribution in [0.1, 0.15) is 38.7 Å². The molecule has 0 saturated heterocycles. The van der Waals surface area contributed by atoms with Crippen LogP contribution in [0.25, 0.3) is 0 Å². The van der Waals surface area contributed by atoms with E-state index in [1.807, 2.05) is 44.2 Å². The fraction of sp³-hybridized carbons (Fsp3) is 0.357. The number of benzene rings is 1. The molecule has 0 aromatic heterocycles. The van der Waals surface area contributed by atoms with Gasteiger partial charge in [0.2, 0.25) is 0 Å². The van der Waals surface area contributed by atoms with Gasteiger partial charge in [-0.1, -0.05) is 51.8 Å². The topological polar surface area (TPSA) is 17.1 Å². The van der Waals surface area contributed by atoms with Crippen LogP contribution in [-0.2, 0) is 4.79 Å². The average molecular weight is 281 g/mol. The Labute approximate surface area is 106 Å². The Hall–Kier alpha value is -0.890. The van der Waals surface area contributed by atoms with Crippen LogP contribution in [0, 0.1) is 0 Å². The van der Waals surface area contributed by atoms with Crippen molar-refractivity contribution in [3.63, 3.8) is 0 Å². The molecule has 0 heterocycles. The second kappa shape index (κ2) is 6.00. The highest BCUT2D eigenvalue weighted by atomic mass is 79.9. The van der Waals surface area contributed by atoms with Crippen molar-refractivity contribution < 1.29 is 4.79 Å². The molecule has 0 amide bonds. The summed E-state index contributed by atoms with van der Waals surface area (Å²) in [6.45, 7) is 5.75. The van der Waals surface area contributed by atoms with Crippen LogP contribution in [0.5, 0.6) is 0 Å². The molecule has 0 aliphatic heterocycles. The van der Waals surface area contributed by atoms with E-state index in [1.165, 1.54) is 5.57 Å². The predicted molar refractivity (Wildman–Crippen MR) is 71.8 cm³/mol. The predicted octanol–water partition coefficient (Wildman–Crippen LogP) is 4.44. The number of allylic oxidation sites excluding steroid dienone is 2. The van der Waals surface area contributed by atoms with Gasteiger partial charge in [0.25, 0.3) is 0 Å². The Kier molecular flexibility index (Phi) is 4.94. The molecular formula is C14H17BrO. The van der Waals surface area contributed by atoms with Gasteiger partial charge < -0.3 is 0 Å². The minimum Gasteiger partial charge on any atom is -0.299 e. The quantitative estimate of drug-likeness (QED) is 0.797. The number of halogens is 1. The van der Waals surface area contributed by atoms with Crippen molar-refractivity contribution in [3.05, 3.63) is 46.0 Å². The highest BCUT2D eigenvalue weighted by Crippen LogP contribution is 2.29. The number of ketones is 1. The molecule has 0 spiro atoms. The molecule has 1 aromatic carbocycles. The summed E-state index contributed by atoms with van der Waals surface area (Å²) in [6, 6.07) is 9.94. The van der Waals surface area contributed by atoms with E-state index in [1.54, 1.807) is 6.92 Å². The molecule has 2 heteroatoms. The van der Waals surface area contributed by atoms with Gasteiger partial charge in [0.15, 0.2) is 0 Å². The molecule has 16 heavy (non-hydrogen) atoms. The van der Waals surface area contributed by atoms with Crippen molar-refractivity contribution in [2.45, 2.75) is 33.1 Å². The highest BCUT2D eigenvalue weighted by Gasteiger charge is 2.17. The summed E-state index contributed by atoms with van der Waals surface area (Å²) >= 11 is 3.54. The van der Waals surface area contributed by atoms with Crippen molar-refractivity contribution in [2.75, 3.05) is 0 Å². The highest BCUT2D eigenvalue weighted by molar-refractivity contribution is 9.11. The molecule has 0 bridgehead atoms. The molecule has 86 valence electrons. The summed E-state index contributed by atoms with van der Waals surface area (Å²) in [5.41, 5.74) is 2.32. The van der Waals surface area contributed by atoms with Crippen LogP contribution in [0.15, 0.2) is 40.4 Å². The van der Waals surface area contributed by atoms with E-state index >= 15 is 0 Å². The Morgan fingerprint density at radius 2 is 1.75 bits per heavy atom. The minimum atomic E-state index is -0.0366. The van der Waals surface area contributed by atoms with Gasteiger partial charge in [-0.15, -0.1) is 0 Å². The van der Waals surface area contributed by atoms with Crippen molar-refractivity contribution in [3.8, 4) is 0 Å². The van der Waals surface area contributed by atoms with E-state index in [0.717, 1.165) is 16.5 Å². The molecule has 1 rings (SSSR count). The largest absolute Gasteiger partial charge is 0.299 e. The van der Waals surface area contributed by atoms with E-state index in [0.29, 0.717) is 0 Å². The van der Waals surface area contributed by atoms with Gasteiger partial charge in [0.1, 0.15) is 5.78 Å². The van der Waals surface area contributed by atoms with Crippen LogP contribution in [0.2, 0.25) is 0 Å². The fourth-order valence-electron chi connectivity index (χ4n) is 1.56. The van der Waals surface area contributed by atoms with Crippen molar-refractivity contribution in [2.24, 2.45) is 0 Å². The lowest BCUT2D eigenvalue weighted by molar-refractivity contribution is -0.118. The Balaban J connectivity index is 2.94. The number of Topliss-reactive ketones (excluding diaryl/α,β-unsaturated/α-hetero) is 1. The molecule has 1 unspecified atom stereocenters. The van der Waals surface area contributed by atoms with Crippen LogP contribution in [0.4, 0.5) is 0 Å². The lowest BCUT2D eigenvalue weighted by atomic mass is 9.91. The van der Waals surface area contributed by atoms with Gasteiger partial charge in [-0.25, -0.2) is 0 Å². The summed E-state index contributed by atoms with van der Waals surface area (Å²) in [6.07, 6.45) is 0.752. The molecule has 1 aromatic rings. The third kappa shape index (κ3) is 3.60. The lowest BCUT2D eigenvalue weighted by Crippen LogP contribution is -2.09. The van der Waals surface area contributed by atoms with Gasteiger partial charge in [-0.3, -0.25) is 4.79 Å². The van der Waals surface area contributed by atoms with Crippen LogP contribution < -0.4 is 0 Å². The Morgan fingerprint density at radius 3 is 2.19 bits per heavy atom. The second-order valence-corrected chi connectivity index (χ2v) is 5.14. The molecule has 1 nitrogen and oxygen atoms in total. The van der Waals surface area contributed by atoms with Crippen molar-refractivity contribution in [1.82, 2.24) is 0 Å². The average Bonchev–Trinajstić information content (AvgIpc) is 2.26. The maximum atomic E-state index is 11.7. The molecule has 0 N–H and O–H groups in total. The van der Waals surface area contributed by atoms with Gasteiger partial charge in [0, 0.05) is 5.92 Å². The molecule has 0 saturated carbocycles. The monoisotopic (exact) mass is 280 g/mol. The molecule has 1 atom stereocenters. The molecule has 0 fully saturated rings. The summed E-state index contributed by atoms with van der Waals surface area (Å²) in [5, 5.41) is 0. The third-order valence-electron chi connectivity index (χ3n) is 2.62. The number of carbonyl (C=O) groups excluding carboxylic acids is 1. The number of hydrogen-bond donors (Lipinski definition) is 0. The first kappa shape index (κ1) is 13.2. The van der Waals surface area contributed by atoms with E-state index in [4.69, 9.17) is 0 Å². The van der Waals surface area contributed by atoms with E-state index < -0.39 is 0 Å². The zero-order chi connectivity index (χ0) is 12.1. The first-order valence-electron chi connectivity index (χ1n) is 5.39. The summed E-state index contributed by atoms with van der Waals surface area (Å²) in [7, 11) is 0. The number of hydrogen-bond acceptors (Lipinski definition) is 1. The van der Waals surface area contributed by atoms with Gasteiger partial charge in [-0.2, -0.15) is 0 Å². The summed E-state index contributed by atoms with van der Waals surface area (Å²) in [4.78, 5) is 11.7. The minimum absolute atomic E-state index is 0.0366. The van der Waals surface area contributed by atoms with Crippen molar-refractivity contribution >= 4 is 21.7 Å². The third-order valence-corrected chi connectivity index (χ3v) is 3.74. The Morgan fingerprint density at radius 1 is 1.19 bits per heavy atom. The van der Waals surface area contributed by atoms with Crippen LogP contribution in [-0.4, -0.2) is 5.78 Å². The fourth-order valence-corrected chi connectivity index (χ4v) is 1.89. The number of rotatable bonds is 4. The van der Waals surface area contributed by atoms with E-state index in [-0.39, 0.29) is 11.7 Å². The maximum Gasteiger partial charge on any atom is 0.137 e. The molecular weight excluding hydrogens is 264 g/mol. The van der Waals surface area contributed by atoms with Crippen LogP contribution >= 0.6 is 15.9 Å². The van der Waals surface area contributed by atoms with Gasteiger partial charge in [-0.05, 0) is 37.2 Å².